The van der Waals surface area contributed by atoms with Crippen molar-refractivity contribution in [2.45, 2.75) is 24.2 Å². The quantitative estimate of drug-likeness (QED) is 0.793. The summed E-state index contributed by atoms with van der Waals surface area (Å²) in [7, 11) is -3.16. The van der Waals surface area contributed by atoms with Crippen LogP contribution >= 0.6 is 0 Å². The van der Waals surface area contributed by atoms with E-state index in [0.29, 0.717) is 17.9 Å². The molecular weight excluding hydrogens is 238 g/mol. The molecule has 0 aliphatic heterocycles. The molecule has 96 valence electrons. The third kappa shape index (κ3) is 3.52. The number of hydrogen-bond acceptors (Lipinski definition) is 4. The summed E-state index contributed by atoms with van der Waals surface area (Å²) in [6.45, 7) is 2.15. The summed E-state index contributed by atoms with van der Waals surface area (Å²) >= 11 is 0. The van der Waals surface area contributed by atoms with Gasteiger partial charge in [0.1, 0.15) is 0 Å². The molecule has 3 N–H and O–H groups in total. The van der Waals surface area contributed by atoms with E-state index in [4.69, 9.17) is 10.8 Å². The van der Waals surface area contributed by atoms with Gasteiger partial charge in [0.25, 0.3) is 0 Å². The predicted molar refractivity (Wildman–Crippen MR) is 67.7 cm³/mol. The van der Waals surface area contributed by atoms with Crippen molar-refractivity contribution in [1.82, 2.24) is 0 Å². The fourth-order valence-corrected chi connectivity index (χ4v) is 2.97. The number of aliphatic hydroxyl groups is 1. The van der Waals surface area contributed by atoms with Gasteiger partial charge >= 0.3 is 0 Å². The first-order valence-corrected chi connectivity index (χ1v) is 7.34. The third-order valence-electron chi connectivity index (χ3n) is 2.69. The first-order valence-electron chi connectivity index (χ1n) is 5.68. The highest BCUT2D eigenvalue weighted by Crippen LogP contribution is 2.18. The summed E-state index contributed by atoms with van der Waals surface area (Å²) in [5, 5.41) is 9.09. The Bertz CT molecular complexity index is 435. The molecule has 0 spiro atoms. The molecule has 4 nitrogen and oxygen atoms in total. The largest absolute Gasteiger partial charge is 0.396 e. The van der Waals surface area contributed by atoms with Crippen LogP contribution < -0.4 is 5.73 Å². The van der Waals surface area contributed by atoms with Crippen molar-refractivity contribution in [3.63, 3.8) is 0 Å². The van der Waals surface area contributed by atoms with Crippen molar-refractivity contribution in [3.05, 3.63) is 29.8 Å². The molecule has 0 amide bonds. The zero-order valence-corrected chi connectivity index (χ0v) is 10.8. The topological polar surface area (TPSA) is 80.4 Å². The van der Waals surface area contributed by atoms with Crippen LogP contribution in [0.15, 0.2) is 29.2 Å². The summed E-state index contributed by atoms with van der Waals surface area (Å²) in [5.74, 6) is 0.0325. The number of rotatable bonds is 6. The van der Waals surface area contributed by atoms with Crippen LogP contribution in [-0.2, 0) is 9.84 Å². The zero-order valence-electron chi connectivity index (χ0n) is 9.96. The van der Waals surface area contributed by atoms with E-state index in [2.05, 4.69) is 0 Å². The number of sulfone groups is 1. The number of aliphatic hydroxyl groups excluding tert-OH is 1. The minimum Gasteiger partial charge on any atom is -0.396 e. The van der Waals surface area contributed by atoms with Gasteiger partial charge in [0.15, 0.2) is 9.84 Å². The third-order valence-corrected chi connectivity index (χ3v) is 4.62. The van der Waals surface area contributed by atoms with Crippen LogP contribution in [0.4, 0.5) is 0 Å². The van der Waals surface area contributed by atoms with E-state index in [1.165, 1.54) is 0 Å². The van der Waals surface area contributed by atoms with Crippen LogP contribution in [0, 0.1) is 0 Å². The van der Waals surface area contributed by atoms with Crippen molar-refractivity contribution in [2.75, 3.05) is 18.9 Å². The highest BCUT2D eigenvalue weighted by Gasteiger charge is 2.14. The summed E-state index contributed by atoms with van der Waals surface area (Å²) in [4.78, 5) is 0.330. The second-order valence-corrected chi connectivity index (χ2v) is 6.11. The Kier molecular flexibility index (Phi) is 5.11. The Hall–Kier alpha value is -0.910. The Labute approximate surface area is 102 Å². The molecule has 0 bridgehead atoms. The van der Waals surface area contributed by atoms with Gasteiger partial charge in [-0.25, -0.2) is 8.42 Å². The molecular formula is C12H19NO3S. The number of benzene rings is 1. The first kappa shape index (κ1) is 14.2. The monoisotopic (exact) mass is 257 g/mol. The normalized spacial score (nSPS) is 13.6. The Morgan fingerprint density at radius 2 is 1.88 bits per heavy atom. The molecule has 17 heavy (non-hydrogen) atoms. The molecule has 1 aromatic carbocycles. The SMILES string of the molecule is CCCS(=O)(=O)c1ccc(C(CN)CO)cc1. The molecule has 1 rings (SSSR count). The molecule has 1 atom stereocenters. The maximum absolute atomic E-state index is 11.8. The average molecular weight is 257 g/mol. The molecule has 0 heterocycles. The summed E-state index contributed by atoms with van der Waals surface area (Å²) < 4.78 is 23.6. The number of nitrogens with two attached hydrogens (primary N) is 1. The van der Waals surface area contributed by atoms with Gasteiger partial charge in [-0.3, -0.25) is 0 Å². The lowest BCUT2D eigenvalue weighted by Crippen LogP contribution is -2.16. The number of hydrogen-bond donors (Lipinski definition) is 2. The average Bonchev–Trinajstić information content (AvgIpc) is 2.31. The van der Waals surface area contributed by atoms with E-state index < -0.39 is 9.84 Å². The second kappa shape index (κ2) is 6.14. The molecule has 5 heteroatoms. The van der Waals surface area contributed by atoms with Gasteiger partial charge in [-0.2, -0.15) is 0 Å². The van der Waals surface area contributed by atoms with Gasteiger partial charge in [0, 0.05) is 12.5 Å². The van der Waals surface area contributed by atoms with Gasteiger partial charge < -0.3 is 10.8 Å². The van der Waals surface area contributed by atoms with Crippen LogP contribution in [0.1, 0.15) is 24.8 Å². The van der Waals surface area contributed by atoms with Crippen LogP contribution in [-0.4, -0.2) is 32.4 Å². The highest BCUT2D eigenvalue weighted by molar-refractivity contribution is 7.91. The second-order valence-electron chi connectivity index (χ2n) is 4.00. The van der Waals surface area contributed by atoms with E-state index >= 15 is 0 Å². The maximum Gasteiger partial charge on any atom is 0.178 e. The Balaban J connectivity index is 2.95. The lowest BCUT2D eigenvalue weighted by Gasteiger charge is -2.12. The van der Waals surface area contributed by atoms with Crippen molar-refractivity contribution in [3.8, 4) is 0 Å². The van der Waals surface area contributed by atoms with Crippen LogP contribution in [0.3, 0.4) is 0 Å². The molecule has 0 radical (unpaired) electrons. The van der Waals surface area contributed by atoms with E-state index in [1.807, 2.05) is 6.92 Å². The molecule has 0 aliphatic rings. The van der Waals surface area contributed by atoms with Crippen LogP contribution in [0.5, 0.6) is 0 Å². The minimum atomic E-state index is -3.16. The standard InChI is InChI=1S/C12H19NO3S/c1-2-7-17(15,16)12-5-3-10(4-6-12)11(8-13)9-14/h3-6,11,14H,2,7-9,13H2,1H3. The van der Waals surface area contributed by atoms with Gasteiger partial charge in [-0.15, -0.1) is 0 Å². The lowest BCUT2D eigenvalue weighted by atomic mass is 10.0. The van der Waals surface area contributed by atoms with Crippen LogP contribution in [0.2, 0.25) is 0 Å². The van der Waals surface area contributed by atoms with Crippen molar-refractivity contribution >= 4 is 9.84 Å². The maximum atomic E-state index is 11.8. The summed E-state index contributed by atoms with van der Waals surface area (Å²) in [6.07, 6.45) is 0.603. The minimum absolute atomic E-state index is 0.0302. The predicted octanol–water partition coefficient (Wildman–Crippen LogP) is 0.905. The van der Waals surface area contributed by atoms with E-state index in [9.17, 15) is 8.42 Å². The Morgan fingerprint density at radius 1 is 1.29 bits per heavy atom. The van der Waals surface area contributed by atoms with Gasteiger partial charge in [0.05, 0.1) is 17.3 Å². The molecule has 1 unspecified atom stereocenters. The van der Waals surface area contributed by atoms with E-state index in [-0.39, 0.29) is 18.3 Å². The van der Waals surface area contributed by atoms with Gasteiger partial charge in [0.2, 0.25) is 0 Å². The van der Waals surface area contributed by atoms with Gasteiger partial charge in [-0.1, -0.05) is 19.1 Å². The molecule has 0 fully saturated rings. The van der Waals surface area contributed by atoms with E-state index in [0.717, 1.165) is 5.56 Å². The van der Waals surface area contributed by atoms with Gasteiger partial charge in [-0.05, 0) is 24.1 Å². The Morgan fingerprint density at radius 3 is 2.29 bits per heavy atom. The smallest absolute Gasteiger partial charge is 0.178 e. The molecule has 0 saturated heterocycles. The molecule has 1 aromatic rings. The van der Waals surface area contributed by atoms with E-state index in [1.54, 1.807) is 24.3 Å². The first-order chi connectivity index (χ1) is 8.05. The fourth-order valence-electron chi connectivity index (χ4n) is 1.65. The fraction of sp³-hybridized carbons (Fsp3) is 0.500. The molecule has 0 saturated carbocycles. The lowest BCUT2D eigenvalue weighted by molar-refractivity contribution is 0.268. The van der Waals surface area contributed by atoms with Crippen molar-refractivity contribution < 1.29 is 13.5 Å². The molecule has 0 aromatic heterocycles. The van der Waals surface area contributed by atoms with Crippen molar-refractivity contribution in [2.24, 2.45) is 5.73 Å². The summed E-state index contributed by atoms with van der Waals surface area (Å²) in [6, 6.07) is 6.60. The molecule has 0 aliphatic carbocycles. The van der Waals surface area contributed by atoms with Crippen LogP contribution in [0.25, 0.3) is 0 Å². The summed E-state index contributed by atoms with van der Waals surface area (Å²) in [5.41, 5.74) is 6.37. The zero-order chi connectivity index (χ0) is 12.9. The highest BCUT2D eigenvalue weighted by atomic mass is 32.2. The van der Waals surface area contributed by atoms with Crippen molar-refractivity contribution in [1.29, 1.82) is 0 Å².